The van der Waals surface area contributed by atoms with E-state index in [-0.39, 0.29) is 22.0 Å². The van der Waals surface area contributed by atoms with Gasteiger partial charge in [-0.25, -0.2) is 0 Å². The molecule has 0 bridgehead atoms. The van der Waals surface area contributed by atoms with Gasteiger partial charge in [-0.3, -0.25) is 25.0 Å². The standard InChI is InChI=1S/C17H14ClN3O5/c1-19(2)14-7-3-11(9-16(14)21(25)26)4-8-17(22)12-5-6-13(18)15(10-12)20(23)24/h3-10H,1-2H3/b8-4+. The van der Waals surface area contributed by atoms with E-state index in [1.54, 1.807) is 31.1 Å². The Labute approximate surface area is 153 Å². The van der Waals surface area contributed by atoms with Crippen LogP contribution in [-0.4, -0.2) is 29.7 Å². The van der Waals surface area contributed by atoms with Crippen LogP contribution in [0, 0.1) is 20.2 Å². The molecule has 0 aliphatic heterocycles. The highest BCUT2D eigenvalue weighted by Crippen LogP contribution is 2.28. The van der Waals surface area contributed by atoms with Crippen LogP contribution in [0.1, 0.15) is 15.9 Å². The average Bonchev–Trinajstić information content (AvgIpc) is 2.59. The number of benzene rings is 2. The van der Waals surface area contributed by atoms with Crippen LogP contribution in [0.4, 0.5) is 17.1 Å². The van der Waals surface area contributed by atoms with Crippen molar-refractivity contribution in [3.05, 3.63) is 78.9 Å². The van der Waals surface area contributed by atoms with Crippen molar-refractivity contribution in [3.8, 4) is 0 Å². The lowest BCUT2D eigenvalue weighted by molar-refractivity contribution is -0.384. The first kappa shape index (κ1) is 19.1. The number of ketones is 1. The summed E-state index contributed by atoms with van der Waals surface area (Å²) in [7, 11) is 3.38. The zero-order valence-electron chi connectivity index (χ0n) is 13.9. The highest BCUT2D eigenvalue weighted by Gasteiger charge is 2.17. The highest BCUT2D eigenvalue weighted by molar-refractivity contribution is 6.32. The topological polar surface area (TPSA) is 107 Å². The van der Waals surface area contributed by atoms with Gasteiger partial charge in [0.1, 0.15) is 10.7 Å². The Bertz CT molecular complexity index is 925. The van der Waals surface area contributed by atoms with Crippen LogP contribution in [0.25, 0.3) is 6.08 Å². The van der Waals surface area contributed by atoms with Crippen molar-refractivity contribution >= 4 is 40.5 Å². The quantitative estimate of drug-likeness (QED) is 0.325. The van der Waals surface area contributed by atoms with E-state index < -0.39 is 15.6 Å². The summed E-state index contributed by atoms with van der Waals surface area (Å²) in [6, 6.07) is 8.30. The molecule has 0 aliphatic carbocycles. The molecule has 0 spiro atoms. The predicted octanol–water partition coefficient (Wildman–Crippen LogP) is 4.12. The molecule has 9 heteroatoms. The van der Waals surface area contributed by atoms with Gasteiger partial charge >= 0.3 is 0 Å². The Morgan fingerprint density at radius 2 is 1.69 bits per heavy atom. The molecule has 26 heavy (non-hydrogen) atoms. The van der Waals surface area contributed by atoms with E-state index in [0.717, 1.165) is 6.07 Å². The summed E-state index contributed by atoms with van der Waals surface area (Å²) in [5, 5.41) is 22.0. The molecule has 0 saturated carbocycles. The summed E-state index contributed by atoms with van der Waals surface area (Å²) in [5.41, 5.74) is 0.534. The number of hydrogen-bond donors (Lipinski definition) is 0. The number of anilines is 1. The summed E-state index contributed by atoms with van der Waals surface area (Å²) >= 11 is 5.72. The normalized spacial score (nSPS) is 10.7. The molecule has 8 nitrogen and oxygen atoms in total. The summed E-state index contributed by atoms with van der Waals surface area (Å²) in [4.78, 5) is 34.7. The average molecular weight is 376 g/mol. The number of halogens is 1. The van der Waals surface area contributed by atoms with Gasteiger partial charge < -0.3 is 4.90 Å². The zero-order valence-corrected chi connectivity index (χ0v) is 14.6. The van der Waals surface area contributed by atoms with Gasteiger partial charge in [0.2, 0.25) is 0 Å². The van der Waals surface area contributed by atoms with Gasteiger partial charge in [-0.05, 0) is 29.8 Å². The van der Waals surface area contributed by atoms with E-state index in [1.807, 2.05) is 0 Å². The largest absolute Gasteiger partial charge is 0.372 e. The highest BCUT2D eigenvalue weighted by atomic mass is 35.5. The number of nitro groups is 2. The zero-order chi connectivity index (χ0) is 19.4. The summed E-state index contributed by atoms with van der Waals surface area (Å²) < 4.78 is 0. The molecule has 0 N–H and O–H groups in total. The van der Waals surface area contributed by atoms with Crippen molar-refractivity contribution in [1.29, 1.82) is 0 Å². The van der Waals surface area contributed by atoms with Crippen LogP contribution in [-0.2, 0) is 0 Å². The minimum Gasteiger partial charge on any atom is -0.372 e. The molecule has 0 unspecified atom stereocenters. The molecule has 134 valence electrons. The van der Waals surface area contributed by atoms with Crippen molar-refractivity contribution in [2.75, 3.05) is 19.0 Å². The Kier molecular flexibility index (Phi) is 5.68. The van der Waals surface area contributed by atoms with Crippen molar-refractivity contribution in [1.82, 2.24) is 0 Å². The number of nitro benzene ring substituents is 2. The van der Waals surface area contributed by atoms with Gasteiger partial charge in [0, 0.05) is 31.8 Å². The molecule has 0 fully saturated rings. The van der Waals surface area contributed by atoms with Gasteiger partial charge in [0.05, 0.1) is 9.85 Å². The third-order valence-corrected chi connectivity index (χ3v) is 3.85. The molecule has 0 aliphatic rings. The van der Waals surface area contributed by atoms with E-state index in [0.29, 0.717) is 11.3 Å². The minimum atomic E-state index is -0.674. The second-order valence-corrected chi connectivity index (χ2v) is 5.93. The van der Waals surface area contributed by atoms with Gasteiger partial charge in [-0.1, -0.05) is 23.7 Å². The maximum Gasteiger partial charge on any atom is 0.293 e. The van der Waals surface area contributed by atoms with Crippen molar-refractivity contribution in [2.24, 2.45) is 0 Å². The van der Waals surface area contributed by atoms with Crippen molar-refractivity contribution in [2.45, 2.75) is 0 Å². The lowest BCUT2D eigenvalue weighted by atomic mass is 10.1. The second-order valence-electron chi connectivity index (χ2n) is 5.52. The third-order valence-electron chi connectivity index (χ3n) is 3.53. The Balaban J connectivity index is 2.31. The molecular weight excluding hydrogens is 362 g/mol. The molecule has 0 amide bonds. The number of rotatable bonds is 6. The molecule has 2 aromatic rings. The van der Waals surface area contributed by atoms with Gasteiger partial charge in [0.15, 0.2) is 5.78 Å². The molecule has 2 aromatic carbocycles. The summed E-state index contributed by atoms with van der Waals surface area (Å²) in [6.07, 6.45) is 2.61. The molecule has 0 heterocycles. The first-order chi connectivity index (χ1) is 12.2. The van der Waals surface area contributed by atoms with E-state index in [9.17, 15) is 25.0 Å². The van der Waals surface area contributed by atoms with E-state index in [2.05, 4.69) is 0 Å². The van der Waals surface area contributed by atoms with Crippen molar-refractivity contribution < 1.29 is 14.6 Å². The Morgan fingerprint density at radius 3 is 2.27 bits per heavy atom. The molecule has 0 saturated heterocycles. The molecule has 0 atom stereocenters. The van der Waals surface area contributed by atoms with Gasteiger partial charge in [-0.15, -0.1) is 0 Å². The summed E-state index contributed by atoms with van der Waals surface area (Å²) in [6.45, 7) is 0. The molecular formula is C17H14ClN3O5. The Morgan fingerprint density at radius 1 is 1.04 bits per heavy atom. The van der Waals surface area contributed by atoms with E-state index in [4.69, 9.17) is 11.6 Å². The maximum absolute atomic E-state index is 12.2. The predicted molar refractivity (Wildman–Crippen MR) is 98.9 cm³/mol. The smallest absolute Gasteiger partial charge is 0.293 e. The third kappa shape index (κ3) is 4.22. The van der Waals surface area contributed by atoms with Crippen LogP contribution in [0.15, 0.2) is 42.5 Å². The minimum absolute atomic E-state index is 0.0644. The first-order valence-electron chi connectivity index (χ1n) is 7.33. The number of carbonyl (C=O) groups is 1. The van der Waals surface area contributed by atoms with Crippen LogP contribution >= 0.6 is 11.6 Å². The fourth-order valence-electron chi connectivity index (χ4n) is 2.24. The van der Waals surface area contributed by atoms with Crippen LogP contribution in [0.2, 0.25) is 5.02 Å². The van der Waals surface area contributed by atoms with Crippen LogP contribution < -0.4 is 4.90 Å². The Hall–Kier alpha value is -3.26. The van der Waals surface area contributed by atoms with Crippen LogP contribution in [0.3, 0.4) is 0 Å². The number of allylic oxidation sites excluding steroid dienone is 1. The van der Waals surface area contributed by atoms with E-state index in [1.165, 1.54) is 30.4 Å². The first-order valence-corrected chi connectivity index (χ1v) is 7.70. The number of hydrogen-bond acceptors (Lipinski definition) is 6. The molecule has 2 rings (SSSR count). The fraction of sp³-hybridized carbons (Fsp3) is 0.118. The molecule has 0 aromatic heterocycles. The lowest BCUT2D eigenvalue weighted by Crippen LogP contribution is -2.11. The SMILES string of the molecule is CN(C)c1ccc(/C=C/C(=O)c2ccc(Cl)c([N+](=O)[O-])c2)cc1[N+](=O)[O-]. The number of nitrogens with zero attached hydrogens (tertiary/aromatic N) is 3. The van der Waals surface area contributed by atoms with Crippen molar-refractivity contribution in [3.63, 3.8) is 0 Å². The van der Waals surface area contributed by atoms with Gasteiger partial charge in [0.25, 0.3) is 11.4 Å². The monoisotopic (exact) mass is 375 g/mol. The summed E-state index contributed by atoms with van der Waals surface area (Å²) in [5.74, 6) is -0.482. The second kappa shape index (κ2) is 7.75. The number of carbonyl (C=O) groups excluding carboxylic acids is 1. The van der Waals surface area contributed by atoms with Crippen LogP contribution in [0.5, 0.6) is 0 Å². The van der Waals surface area contributed by atoms with Gasteiger partial charge in [-0.2, -0.15) is 0 Å². The molecule has 0 radical (unpaired) electrons. The van der Waals surface area contributed by atoms with E-state index >= 15 is 0 Å². The maximum atomic E-state index is 12.2. The lowest BCUT2D eigenvalue weighted by Gasteiger charge is -2.12. The fourth-order valence-corrected chi connectivity index (χ4v) is 2.43.